The third kappa shape index (κ3) is 5.92. The summed E-state index contributed by atoms with van der Waals surface area (Å²) in [5, 5.41) is 7.79. The van der Waals surface area contributed by atoms with Crippen molar-refractivity contribution in [2.75, 3.05) is 19.6 Å². The van der Waals surface area contributed by atoms with E-state index in [9.17, 15) is 4.79 Å². The average molecular weight is 528 g/mol. The van der Waals surface area contributed by atoms with Gasteiger partial charge in [-0.05, 0) is 54.1 Å². The molecule has 35 heavy (non-hydrogen) atoms. The molecular weight excluding hydrogens is 509 g/mol. The van der Waals surface area contributed by atoms with E-state index in [0.29, 0.717) is 32.2 Å². The van der Waals surface area contributed by atoms with Crippen LogP contribution in [0.1, 0.15) is 15.9 Å². The van der Waals surface area contributed by atoms with Gasteiger partial charge in [-0.15, -0.1) is 11.3 Å². The lowest BCUT2D eigenvalue weighted by molar-refractivity contribution is 0.0726. The molecule has 10 heteroatoms. The Morgan fingerprint density at radius 1 is 1.00 bits per heavy atom. The highest BCUT2D eigenvalue weighted by molar-refractivity contribution is 7.14. The monoisotopic (exact) mass is 527 g/mol. The first-order chi connectivity index (χ1) is 17.0. The molecule has 0 amide bonds. The topological polar surface area (TPSA) is 82.0 Å². The zero-order valence-corrected chi connectivity index (χ0v) is 20.9. The van der Waals surface area contributed by atoms with Crippen molar-refractivity contribution in [3.05, 3.63) is 87.2 Å². The number of esters is 1. The van der Waals surface area contributed by atoms with E-state index in [2.05, 4.69) is 15.5 Å². The number of nitrogens with one attached hydrogen (secondary N) is 1. The van der Waals surface area contributed by atoms with Gasteiger partial charge in [0.25, 0.3) is 0 Å². The van der Waals surface area contributed by atoms with Gasteiger partial charge in [0.1, 0.15) is 11.3 Å². The Morgan fingerprint density at radius 2 is 1.80 bits per heavy atom. The van der Waals surface area contributed by atoms with Crippen molar-refractivity contribution < 1.29 is 19.0 Å². The number of para-hydroxylation sites is 1. The molecule has 178 valence electrons. The van der Waals surface area contributed by atoms with Crippen LogP contribution in [0.4, 0.5) is 5.13 Å². The summed E-state index contributed by atoms with van der Waals surface area (Å²) in [7, 11) is 2.99. The Hall–Kier alpha value is -3.59. The zero-order valence-electron chi connectivity index (χ0n) is 18.6. The second kappa shape index (κ2) is 11.2. The minimum atomic E-state index is -0.552. The first kappa shape index (κ1) is 24.5. The second-order valence-electron chi connectivity index (χ2n) is 7.03. The number of nitrogens with zero attached hydrogens (tertiary/aromatic N) is 2. The van der Waals surface area contributed by atoms with E-state index < -0.39 is 5.97 Å². The molecule has 4 aromatic rings. The normalized spacial score (nSPS) is 10.9. The highest BCUT2D eigenvalue weighted by Gasteiger charge is 2.16. The van der Waals surface area contributed by atoms with Crippen LogP contribution in [0.15, 0.2) is 71.1 Å². The highest BCUT2D eigenvalue weighted by Crippen LogP contribution is 2.33. The molecule has 0 aliphatic carbocycles. The molecule has 0 bridgehead atoms. The largest absolute Gasteiger partial charge is 0.496 e. The summed E-state index contributed by atoms with van der Waals surface area (Å²) < 4.78 is 16.1. The van der Waals surface area contributed by atoms with Gasteiger partial charge in [-0.3, -0.25) is 5.43 Å². The maximum Gasteiger partial charge on any atom is 0.347 e. The van der Waals surface area contributed by atoms with Crippen molar-refractivity contribution in [3.8, 4) is 28.5 Å². The maximum atomic E-state index is 12.6. The summed E-state index contributed by atoms with van der Waals surface area (Å²) >= 11 is 13.6. The molecule has 0 unspecified atom stereocenters. The number of halogens is 2. The molecular formula is C25H19Cl2N3O4S. The van der Waals surface area contributed by atoms with Crippen LogP contribution in [-0.4, -0.2) is 31.4 Å². The van der Waals surface area contributed by atoms with Crippen LogP contribution < -0.4 is 19.6 Å². The van der Waals surface area contributed by atoms with Gasteiger partial charge >= 0.3 is 5.97 Å². The minimum Gasteiger partial charge on any atom is -0.496 e. The molecule has 0 saturated heterocycles. The fraction of sp³-hybridized carbons (Fsp3) is 0.0800. The average Bonchev–Trinajstić information content (AvgIpc) is 3.33. The van der Waals surface area contributed by atoms with Crippen LogP contribution in [0.5, 0.6) is 17.2 Å². The Labute approximate surface area is 215 Å². The lowest BCUT2D eigenvalue weighted by Crippen LogP contribution is -2.10. The van der Waals surface area contributed by atoms with Gasteiger partial charge in [-0.1, -0.05) is 35.3 Å². The fourth-order valence-electron chi connectivity index (χ4n) is 3.12. The molecule has 1 aromatic heterocycles. The Morgan fingerprint density at radius 3 is 2.57 bits per heavy atom. The summed E-state index contributed by atoms with van der Waals surface area (Å²) in [5.41, 5.74) is 5.44. The summed E-state index contributed by atoms with van der Waals surface area (Å²) in [5.74, 6) is 0.531. The van der Waals surface area contributed by atoms with Crippen molar-refractivity contribution in [1.29, 1.82) is 0 Å². The number of rotatable bonds is 8. The number of methoxy groups -OCH3 is 2. The quantitative estimate of drug-likeness (QED) is 0.117. The van der Waals surface area contributed by atoms with Crippen LogP contribution in [0, 0.1) is 0 Å². The van der Waals surface area contributed by atoms with Gasteiger partial charge in [0, 0.05) is 16.0 Å². The fourth-order valence-corrected chi connectivity index (χ4v) is 4.29. The van der Waals surface area contributed by atoms with Crippen LogP contribution in [0.2, 0.25) is 10.0 Å². The minimum absolute atomic E-state index is 0.276. The van der Waals surface area contributed by atoms with Crippen molar-refractivity contribution in [3.63, 3.8) is 0 Å². The van der Waals surface area contributed by atoms with Crippen molar-refractivity contribution in [2.45, 2.75) is 0 Å². The van der Waals surface area contributed by atoms with Crippen LogP contribution >= 0.6 is 34.5 Å². The SMILES string of the molecule is COc1cc(/C=N\Nc2nc(-c3ccc(Cl)cc3Cl)cs2)ccc1OC(=O)c1ccccc1OC. The molecule has 0 aliphatic rings. The third-order valence-corrected chi connectivity index (χ3v) is 6.10. The molecule has 0 atom stereocenters. The number of carbonyl (C=O) groups excluding carboxylic acids is 1. The zero-order chi connectivity index (χ0) is 24.8. The maximum absolute atomic E-state index is 12.6. The van der Waals surface area contributed by atoms with E-state index in [1.165, 1.54) is 25.6 Å². The van der Waals surface area contributed by atoms with Gasteiger partial charge in [-0.25, -0.2) is 9.78 Å². The predicted molar refractivity (Wildman–Crippen MR) is 140 cm³/mol. The predicted octanol–water partition coefficient (Wildman–Crippen LogP) is 6.80. The molecule has 1 N–H and O–H groups in total. The standard InChI is InChI=1S/C25H19Cl2N3O4S/c1-32-21-6-4-3-5-18(21)24(31)34-22-10-7-15(11-23(22)33-2)13-28-30-25-29-20(14-35-25)17-9-8-16(26)12-19(17)27/h3-14H,1-2H3,(H,29,30)/b28-13-. The number of hydrogen-bond acceptors (Lipinski definition) is 8. The molecule has 0 fully saturated rings. The van der Waals surface area contributed by atoms with E-state index in [0.717, 1.165) is 16.8 Å². The van der Waals surface area contributed by atoms with Crippen LogP contribution in [0.25, 0.3) is 11.3 Å². The van der Waals surface area contributed by atoms with Gasteiger partial charge < -0.3 is 14.2 Å². The van der Waals surface area contributed by atoms with Crippen molar-refractivity contribution in [1.82, 2.24) is 4.98 Å². The first-order valence-electron chi connectivity index (χ1n) is 10.2. The molecule has 0 saturated carbocycles. The lowest BCUT2D eigenvalue weighted by atomic mass is 10.2. The van der Waals surface area contributed by atoms with Gasteiger partial charge in [-0.2, -0.15) is 5.10 Å². The Kier molecular flexibility index (Phi) is 7.87. The molecule has 0 radical (unpaired) electrons. The first-order valence-corrected chi connectivity index (χ1v) is 11.9. The lowest BCUT2D eigenvalue weighted by Gasteiger charge is -2.11. The van der Waals surface area contributed by atoms with E-state index in [1.807, 2.05) is 11.4 Å². The van der Waals surface area contributed by atoms with Crippen LogP contribution in [0.3, 0.4) is 0 Å². The van der Waals surface area contributed by atoms with Gasteiger partial charge in [0.2, 0.25) is 5.13 Å². The summed E-state index contributed by atoms with van der Waals surface area (Å²) in [4.78, 5) is 17.1. The number of hydrogen-bond donors (Lipinski definition) is 1. The van der Waals surface area contributed by atoms with E-state index in [4.69, 9.17) is 37.4 Å². The second-order valence-corrected chi connectivity index (χ2v) is 8.73. The van der Waals surface area contributed by atoms with Gasteiger partial charge in [0.05, 0.1) is 31.2 Å². The molecule has 7 nitrogen and oxygen atoms in total. The van der Waals surface area contributed by atoms with E-state index in [1.54, 1.807) is 60.8 Å². The van der Waals surface area contributed by atoms with Crippen molar-refractivity contribution in [2.24, 2.45) is 5.10 Å². The highest BCUT2D eigenvalue weighted by atomic mass is 35.5. The number of aromatic nitrogens is 1. The number of benzene rings is 3. The van der Waals surface area contributed by atoms with E-state index >= 15 is 0 Å². The number of thiazole rings is 1. The summed E-state index contributed by atoms with van der Waals surface area (Å²) in [6.07, 6.45) is 1.60. The summed E-state index contributed by atoms with van der Waals surface area (Å²) in [6.45, 7) is 0. The van der Waals surface area contributed by atoms with Crippen LogP contribution in [-0.2, 0) is 0 Å². The van der Waals surface area contributed by atoms with Crippen molar-refractivity contribution >= 4 is 51.9 Å². The Bertz CT molecular complexity index is 1390. The molecule has 3 aromatic carbocycles. The number of anilines is 1. The molecule has 0 aliphatic heterocycles. The number of hydrazone groups is 1. The van der Waals surface area contributed by atoms with Gasteiger partial charge in [0.15, 0.2) is 11.5 Å². The number of ether oxygens (including phenoxy) is 3. The molecule has 4 rings (SSSR count). The summed E-state index contributed by atoms with van der Waals surface area (Å²) in [6, 6.07) is 17.2. The van der Waals surface area contributed by atoms with E-state index in [-0.39, 0.29) is 5.75 Å². The Balaban J connectivity index is 1.44. The number of carbonyl (C=O) groups is 1. The molecule has 0 spiro atoms. The molecule has 1 heterocycles. The third-order valence-electron chi connectivity index (χ3n) is 4.80. The smallest absolute Gasteiger partial charge is 0.347 e.